The van der Waals surface area contributed by atoms with E-state index >= 15 is 0 Å². The zero-order valence-corrected chi connectivity index (χ0v) is 17.0. The van der Waals surface area contributed by atoms with E-state index in [1.165, 1.54) is 0 Å². The van der Waals surface area contributed by atoms with Crippen molar-refractivity contribution in [1.82, 2.24) is 15.0 Å². The summed E-state index contributed by atoms with van der Waals surface area (Å²) in [5, 5.41) is 0. The molecule has 3 aromatic carbocycles. The van der Waals surface area contributed by atoms with Crippen LogP contribution in [0.2, 0.25) is 0 Å². The van der Waals surface area contributed by atoms with Gasteiger partial charge in [-0.25, -0.2) is 15.0 Å². The van der Waals surface area contributed by atoms with E-state index in [0.29, 0.717) is 39.4 Å². The standard InChI is InChI=1S/C24H18B3N3/c1-14(2)22-28-23(17-10-8-16(9-11-17)15-6-4-3-5-7-15)30-24(29-22)18-12-19(25)21(27)20(26)13-18/h3-14H,1-2H3. The maximum Gasteiger partial charge on any atom is 0.163 e. The quantitative estimate of drug-likeness (QED) is 0.510. The normalized spacial score (nSPS) is 11.0. The molecule has 1 heterocycles. The second-order valence-electron chi connectivity index (χ2n) is 7.51. The highest BCUT2D eigenvalue weighted by Gasteiger charge is 2.14. The largest absolute Gasteiger partial charge is 0.213 e. The predicted molar refractivity (Wildman–Crippen MR) is 126 cm³/mol. The summed E-state index contributed by atoms with van der Waals surface area (Å²) in [6.07, 6.45) is 0. The number of benzene rings is 3. The summed E-state index contributed by atoms with van der Waals surface area (Å²) >= 11 is 0. The van der Waals surface area contributed by atoms with Crippen LogP contribution in [-0.2, 0) is 0 Å². The zero-order valence-electron chi connectivity index (χ0n) is 17.0. The Morgan fingerprint density at radius 1 is 0.600 bits per heavy atom. The topological polar surface area (TPSA) is 38.7 Å². The second kappa shape index (κ2) is 8.31. The lowest BCUT2D eigenvalue weighted by Crippen LogP contribution is -2.38. The van der Waals surface area contributed by atoms with Crippen molar-refractivity contribution in [3.05, 3.63) is 72.6 Å². The fourth-order valence-electron chi connectivity index (χ4n) is 3.18. The predicted octanol–water partition coefficient (Wildman–Crippen LogP) is 2.38. The Labute approximate surface area is 181 Å². The molecule has 0 amide bonds. The van der Waals surface area contributed by atoms with Crippen molar-refractivity contribution in [2.45, 2.75) is 19.8 Å². The zero-order chi connectivity index (χ0) is 21.3. The Kier molecular flexibility index (Phi) is 5.58. The van der Waals surface area contributed by atoms with Crippen LogP contribution in [0.25, 0.3) is 33.9 Å². The highest BCUT2D eigenvalue weighted by Crippen LogP contribution is 2.25. The lowest BCUT2D eigenvalue weighted by Gasteiger charge is -2.13. The highest BCUT2D eigenvalue weighted by atomic mass is 15.0. The van der Waals surface area contributed by atoms with Crippen LogP contribution in [0.3, 0.4) is 0 Å². The van der Waals surface area contributed by atoms with Crippen molar-refractivity contribution in [1.29, 1.82) is 0 Å². The smallest absolute Gasteiger partial charge is 0.163 e. The third-order valence-electron chi connectivity index (χ3n) is 4.92. The van der Waals surface area contributed by atoms with E-state index in [4.69, 9.17) is 28.5 Å². The van der Waals surface area contributed by atoms with Gasteiger partial charge >= 0.3 is 0 Å². The SMILES string of the molecule is [B]c1cc(-c2nc(-c3ccc(-c4ccccc4)cc3)nc(C(C)C)n2)cc([B])c1[B]. The summed E-state index contributed by atoms with van der Waals surface area (Å²) in [5.41, 5.74) is 5.11. The van der Waals surface area contributed by atoms with Crippen LogP contribution in [0.15, 0.2) is 66.7 Å². The Hall–Kier alpha value is -3.14. The van der Waals surface area contributed by atoms with Gasteiger partial charge in [0.05, 0.1) is 0 Å². The number of rotatable bonds is 4. The van der Waals surface area contributed by atoms with E-state index in [9.17, 15) is 0 Å². The van der Waals surface area contributed by atoms with Gasteiger partial charge in [0, 0.05) is 17.0 Å². The van der Waals surface area contributed by atoms with Crippen molar-refractivity contribution < 1.29 is 0 Å². The average molecular weight is 381 g/mol. The van der Waals surface area contributed by atoms with E-state index < -0.39 is 0 Å². The Morgan fingerprint density at radius 3 is 1.67 bits per heavy atom. The summed E-state index contributed by atoms with van der Waals surface area (Å²) in [6, 6.07) is 21.9. The van der Waals surface area contributed by atoms with Gasteiger partial charge in [0.25, 0.3) is 0 Å². The van der Waals surface area contributed by atoms with Gasteiger partial charge in [-0.15, -0.1) is 16.4 Å². The molecule has 0 aliphatic rings. The lowest BCUT2D eigenvalue weighted by molar-refractivity contribution is 0.766. The molecule has 6 radical (unpaired) electrons. The van der Waals surface area contributed by atoms with Gasteiger partial charge in [0.2, 0.25) is 0 Å². The Balaban J connectivity index is 1.79. The summed E-state index contributed by atoms with van der Waals surface area (Å²) in [7, 11) is 17.9. The first-order chi connectivity index (χ1) is 14.4. The first-order valence-electron chi connectivity index (χ1n) is 9.79. The maximum absolute atomic E-state index is 6.00. The molecule has 0 aliphatic carbocycles. The summed E-state index contributed by atoms with van der Waals surface area (Å²) < 4.78 is 0. The van der Waals surface area contributed by atoms with Crippen molar-refractivity contribution in [2.24, 2.45) is 0 Å². The van der Waals surface area contributed by atoms with Gasteiger partial charge in [-0.05, 0) is 11.1 Å². The van der Waals surface area contributed by atoms with E-state index in [1.54, 1.807) is 12.1 Å². The molecule has 0 unspecified atom stereocenters. The summed E-state index contributed by atoms with van der Waals surface area (Å²) in [6.45, 7) is 4.10. The molecule has 1 aromatic heterocycles. The number of hydrogen-bond donors (Lipinski definition) is 0. The van der Waals surface area contributed by atoms with Crippen molar-refractivity contribution in [3.63, 3.8) is 0 Å². The molecule has 0 saturated heterocycles. The van der Waals surface area contributed by atoms with Crippen LogP contribution < -0.4 is 16.4 Å². The minimum atomic E-state index is 0.137. The molecule has 0 aliphatic heterocycles. The molecule has 4 rings (SSSR count). The van der Waals surface area contributed by atoms with Crippen molar-refractivity contribution in [3.8, 4) is 33.9 Å². The fraction of sp³-hybridized carbons (Fsp3) is 0.125. The third kappa shape index (κ3) is 4.09. The molecule has 3 nitrogen and oxygen atoms in total. The Bertz CT molecular complexity index is 1170. The molecule has 6 heteroatoms. The molecule has 0 bridgehead atoms. The maximum atomic E-state index is 6.00. The second-order valence-corrected chi connectivity index (χ2v) is 7.51. The number of nitrogens with zero attached hydrogens (tertiary/aromatic N) is 3. The van der Waals surface area contributed by atoms with Gasteiger partial charge in [-0.3, -0.25) is 0 Å². The molecular formula is C24H18B3N3. The molecule has 0 N–H and O–H groups in total. The number of aromatic nitrogens is 3. The highest BCUT2D eigenvalue weighted by molar-refractivity contribution is 6.57. The summed E-state index contributed by atoms with van der Waals surface area (Å²) in [4.78, 5) is 14.0. The lowest BCUT2D eigenvalue weighted by atomic mass is 9.71. The van der Waals surface area contributed by atoms with Crippen molar-refractivity contribution >= 4 is 39.9 Å². The van der Waals surface area contributed by atoms with Crippen LogP contribution in [0, 0.1) is 0 Å². The van der Waals surface area contributed by atoms with Crippen LogP contribution in [0.1, 0.15) is 25.6 Å². The monoisotopic (exact) mass is 381 g/mol. The van der Waals surface area contributed by atoms with Crippen molar-refractivity contribution in [2.75, 3.05) is 0 Å². The molecule has 138 valence electrons. The third-order valence-corrected chi connectivity index (χ3v) is 4.92. The minimum absolute atomic E-state index is 0.137. The van der Waals surface area contributed by atoms with E-state index in [1.807, 2.05) is 44.2 Å². The van der Waals surface area contributed by atoms with Crippen LogP contribution in [-0.4, -0.2) is 38.5 Å². The molecule has 30 heavy (non-hydrogen) atoms. The molecule has 0 atom stereocenters. The van der Waals surface area contributed by atoms with Crippen LogP contribution in [0.4, 0.5) is 0 Å². The molecule has 4 aromatic rings. The molecule has 0 spiro atoms. The molecule has 0 fully saturated rings. The van der Waals surface area contributed by atoms with Gasteiger partial charge in [-0.2, -0.15) is 0 Å². The van der Waals surface area contributed by atoms with Gasteiger partial charge < -0.3 is 0 Å². The minimum Gasteiger partial charge on any atom is -0.213 e. The van der Waals surface area contributed by atoms with Gasteiger partial charge in [0.1, 0.15) is 29.4 Å². The first-order valence-corrected chi connectivity index (χ1v) is 9.79. The summed E-state index contributed by atoms with van der Waals surface area (Å²) in [5.74, 6) is 1.97. The van der Waals surface area contributed by atoms with E-state index in [-0.39, 0.29) is 5.92 Å². The first kappa shape index (κ1) is 20.2. The van der Waals surface area contributed by atoms with E-state index in [2.05, 4.69) is 34.2 Å². The number of hydrogen-bond acceptors (Lipinski definition) is 3. The van der Waals surface area contributed by atoms with Crippen LogP contribution >= 0.6 is 0 Å². The molecular weight excluding hydrogens is 363 g/mol. The molecule has 0 saturated carbocycles. The average Bonchev–Trinajstić information content (AvgIpc) is 2.77. The van der Waals surface area contributed by atoms with E-state index in [0.717, 1.165) is 16.7 Å². The van der Waals surface area contributed by atoms with Gasteiger partial charge in [0.15, 0.2) is 11.6 Å². The fourth-order valence-corrected chi connectivity index (χ4v) is 3.18. The Morgan fingerprint density at radius 2 is 1.10 bits per heavy atom. The van der Waals surface area contributed by atoms with Gasteiger partial charge in [-0.1, -0.05) is 80.6 Å². The van der Waals surface area contributed by atoms with Crippen LogP contribution in [0.5, 0.6) is 0 Å².